The minimum atomic E-state index is -3.52. The molecule has 0 aliphatic carbocycles. The summed E-state index contributed by atoms with van der Waals surface area (Å²) in [5, 5.41) is 6.31. The van der Waals surface area contributed by atoms with E-state index in [0.717, 1.165) is 30.0 Å². The molecular formula is C21H22FN3O4S. The molecule has 158 valence electrons. The van der Waals surface area contributed by atoms with Crippen LogP contribution in [0, 0.1) is 5.82 Å². The number of nitrogens with zero attached hydrogens (tertiary/aromatic N) is 2. The van der Waals surface area contributed by atoms with Crippen LogP contribution in [0.5, 0.6) is 0 Å². The molecule has 3 rings (SSSR count). The van der Waals surface area contributed by atoms with Crippen molar-refractivity contribution in [3.8, 4) is 11.4 Å². The maximum absolute atomic E-state index is 13.9. The van der Waals surface area contributed by atoms with Gasteiger partial charge in [-0.1, -0.05) is 43.3 Å². The van der Waals surface area contributed by atoms with Crippen molar-refractivity contribution in [2.45, 2.75) is 37.5 Å². The number of rotatable bonds is 7. The lowest BCUT2D eigenvalue weighted by atomic mass is 10.0. The molecule has 3 aromatic rings. The molecule has 9 heteroatoms. The van der Waals surface area contributed by atoms with E-state index in [1.165, 1.54) is 5.56 Å². The molecular weight excluding hydrogens is 409 g/mol. The van der Waals surface area contributed by atoms with E-state index in [0.29, 0.717) is 11.7 Å². The van der Waals surface area contributed by atoms with Gasteiger partial charge in [-0.15, -0.1) is 0 Å². The third-order valence-corrected chi connectivity index (χ3v) is 5.62. The molecule has 0 aliphatic heterocycles. The van der Waals surface area contributed by atoms with Gasteiger partial charge >= 0.3 is 0 Å². The number of carbonyl (C=O) groups excluding carboxylic acids is 1. The van der Waals surface area contributed by atoms with Crippen molar-refractivity contribution in [2.75, 3.05) is 11.6 Å². The number of aromatic nitrogens is 2. The Balaban J connectivity index is 1.62. The number of hydrogen-bond acceptors (Lipinski definition) is 6. The van der Waals surface area contributed by atoms with E-state index in [4.69, 9.17) is 4.52 Å². The largest absolute Gasteiger partial charge is 0.339 e. The first-order valence-electron chi connectivity index (χ1n) is 9.36. The summed E-state index contributed by atoms with van der Waals surface area (Å²) < 4.78 is 42.3. The van der Waals surface area contributed by atoms with Gasteiger partial charge < -0.3 is 9.84 Å². The Kier molecular flexibility index (Phi) is 6.31. The predicted molar refractivity (Wildman–Crippen MR) is 110 cm³/mol. The Hall–Kier alpha value is -3.07. The molecule has 1 amide bonds. The quantitative estimate of drug-likeness (QED) is 0.568. The van der Waals surface area contributed by atoms with Crippen LogP contribution in [0.4, 0.5) is 10.1 Å². The van der Waals surface area contributed by atoms with E-state index in [2.05, 4.69) is 29.3 Å². The minimum Gasteiger partial charge on any atom is -0.339 e. The minimum absolute atomic E-state index is 0.0313. The van der Waals surface area contributed by atoms with Crippen molar-refractivity contribution in [1.29, 1.82) is 0 Å². The molecule has 30 heavy (non-hydrogen) atoms. The molecule has 0 radical (unpaired) electrons. The van der Waals surface area contributed by atoms with Gasteiger partial charge in [0.15, 0.2) is 9.84 Å². The van der Waals surface area contributed by atoms with Gasteiger partial charge in [0.05, 0.1) is 10.6 Å². The molecule has 1 N–H and O–H groups in total. The summed E-state index contributed by atoms with van der Waals surface area (Å²) in [5.74, 6) is -0.103. The second-order valence-corrected chi connectivity index (χ2v) is 9.27. The predicted octanol–water partition coefficient (Wildman–Crippen LogP) is 3.97. The lowest BCUT2D eigenvalue weighted by molar-refractivity contribution is -0.116. The molecule has 0 saturated carbocycles. The van der Waals surface area contributed by atoms with Gasteiger partial charge in [-0.05, 0) is 29.7 Å². The van der Waals surface area contributed by atoms with E-state index >= 15 is 0 Å². The summed E-state index contributed by atoms with van der Waals surface area (Å²) in [6.45, 7) is 4.21. The molecule has 0 atom stereocenters. The van der Waals surface area contributed by atoms with Crippen LogP contribution in [0.2, 0.25) is 0 Å². The first kappa shape index (κ1) is 21.6. The standard InChI is InChI=1S/C21H22FN3O4S/c1-13(2)14-4-6-15(7-5-14)21-24-20(29-25-21)11-10-19(26)23-18-12-16(30(3,27)28)8-9-17(18)22/h4-9,12-13H,10-11H2,1-3H3,(H,23,26). The van der Waals surface area contributed by atoms with Crippen LogP contribution in [0.15, 0.2) is 51.9 Å². The average molecular weight is 431 g/mol. The second kappa shape index (κ2) is 8.74. The van der Waals surface area contributed by atoms with Gasteiger partial charge in [0.1, 0.15) is 5.82 Å². The van der Waals surface area contributed by atoms with Gasteiger partial charge in [-0.3, -0.25) is 4.79 Å². The lowest BCUT2D eigenvalue weighted by Crippen LogP contribution is -2.14. The Labute approximate surface area is 174 Å². The molecule has 0 saturated heterocycles. The zero-order valence-corrected chi connectivity index (χ0v) is 17.7. The monoisotopic (exact) mass is 431 g/mol. The summed E-state index contributed by atoms with van der Waals surface area (Å²) in [5.41, 5.74) is 1.81. The molecule has 1 aromatic heterocycles. The van der Waals surface area contributed by atoms with Crippen LogP contribution in [0.3, 0.4) is 0 Å². The maximum Gasteiger partial charge on any atom is 0.227 e. The van der Waals surface area contributed by atoms with Gasteiger partial charge in [-0.25, -0.2) is 12.8 Å². The van der Waals surface area contributed by atoms with Crippen LogP contribution < -0.4 is 5.32 Å². The van der Waals surface area contributed by atoms with Crippen molar-refractivity contribution >= 4 is 21.4 Å². The van der Waals surface area contributed by atoms with Crippen molar-refractivity contribution in [2.24, 2.45) is 0 Å². The molecule has 1 heterocycles. The third-order valence-electron chi connectivity index (χ3n) is 4.51. The Morgan fingerprint density at radius 2 is 1.87 bits per heavy atom. The first-order valence-corrected chi connectivity index (χ1v) is 11.2. The number of halogens is 1. The van der Waals surface area contributed by atoms with Crippen molar-refractivity contribution in [3.63, 3.8) is 0 Å². The van der Waals surface area contributed by atoms with Crippen molar-refractivity contribution in [1.82, 2.24) is 10.1 Å². The van der Waals surface area contributed by atoms with Gasteiger partial charge in [0, 0.05) is 24.7 Å². The maximum atomic E-state index is 13.9. The van der Waals surface area contributed by atoms with Crippen LogP contribution in [-0.2, 0) is 21.1 Å². The van der Waals surface area contributed by atoms with E-state index in [1.807, 2.05) is 24.3 Å². The summed E-state index contributed by atoms with van der Waals surface area (Å²) in [6, 6.07) is 11.1. The molecule has 0 unspecified atom stereocenters. The molecule has 0 aliphatic rings. The highest BCUT2D eigenvalue weighted by Crippen LogP contribution is 2.22. The number of aryl methyl sites for hydroxylation is 1. The average Bonchev–Trinajstić information content (AvgIpc) is 3.16. The van der Waals surface area contributed by atoms with Crippen molar-refractivity contribution < 1.29 is 22.1 Å². The summed E-state index contributed by atoms with van der Waals surface area (Å²) in [6.07, 6.45) is 1.14. The van der Waals surface area contributed by atoms with Crippen LogP contribution in [0.1, 0.15) is 37.6 Å². The fraction of sp³-hybridized carbons (Fsp3) is 0.286. The van der Waals surface area contributed by atoms with E-state index in [-0.39, 0.29) is 29.3 Å². The number of hydrogen-bond donors (Lipinski definition) is 1. The van der Waals surface area contributed by atoms with E-state index in [9.17, 15) is 17.6 Å². The van der Waals surface area contributed by atoms with Crippen LogP contribution in [-0.4, -0.2) is 30.7 Å². The number of sulfone groups is 1. The Bertz CT molecular complexity index is 1160. The zero-order valence-electron chi connectivity index (χ0n) is 16.8. The zero-order chi connectivity index (χ0) is 21.9. The fourth-order valence-corrected chi connectivity index (χ4v) is 3.40. The highest BCUT2D eigenvalue weighted by molar-refractivity contribution is 7.90. The molecule has 0 fully saturated rings. The molecule has 0 bridgehead atoms. The molecule has 0 spiro atoms. The smallest absolute Gasteiger partial charge is 0.227 e. The number of anilines is 1. The first-order chi connectivity index (χ1) is 14.1. The summed E-state index contributed by atoms with van der Waals surface area (Å²) >= 11 is 0. The number of nitrogens with one attached hydrogen (secondary N) is 1. The lowest BCUT2D eigenvalue weighted by Gasteiger charge is -2.07. The fourth-order valence-electron chi connectivity index (χ4n) is 2.75. The third kappa shape index (κ3) is 5.29. The normalized spacial score (nSPS) is 11.6. The van der Waals surface area contributed by atoms with Crippen LogP contribution in [0.25, 0.3) is 11.4 Å². The Morgan fingerprint density at radius 3 is 2.50 bits per heavy atom. The number of amides is 1. The number of carbonyl (C=O) groups is 1. The summed E-state index contributed by atoms with van der Waals surface area (Å²) in [7, 11) is -3.52. The second-order valence-electron chi connectivity index (χ2n) is 7.25. The van der Waals surface area contributed by atoms with Gasteiger partial charge in [0.25, 0.3) is 0 Å². The van der Waals surface area contributed by atoms with E-state index in [1.54, 1.807) is 0 Å². The van der Waals surface area contributed by atoms with Crippen LogP contribution >= 0.6 is 0 Å². The molecule has 2 aromatic carbocycles. The van der Waals surface area contributed by atoms with Gasteiger partial charge in [0.2, 0.25) is 17.6 Å². The van der Waals surface area contributed by atoms with Gasteiger partial charge in [-0.2, -0.15) is 4.98 Å². The Morgan fingerprint density at radius 1 is 1.17 bits per heavy atom. The highest BCUT2D eigenvalue weighted by atomic mass is 32.2. The summed E-state index contributed by atoms with van der Waals surface area (Å²) in [4.78, 5) is 16.4. The molecule has 7 nitrogen and oxygen atoms in total. The van der Waals surface area contributed by atoms with E-state index < -0.39 is 21.6 Å². The number of benzene rings is 2. The van der Waals surface area contributed by atoms with Crippen molar-refractivity contribution in [3.05, 3.63) is 59.7 Å². The SMILES string of the molecule is CC(C)c1ccc(-c2noc(CCC(=O)Nc3cc(S(C)(=O)=O)ccc3F)n2)cc1. The topological polar surface area (TPSA) is 102 Å². The highest BCUT2D eigenvalue weighted by Gasteiger charge is 2.15.